The topological polar surface area (TPSA) is 127 Å². The maximum atomic E-state index is 13.7. The highest BCUT2D eigenvalue weighted by Crippen LogP contribution is 2.34. The second kappa shape index (κ2) is 11.4. The smallest absolute Gasteiger partial charge is 0.416 e. The molecule has 3 N–H and O–H groups in total. The van der Waals surface area contributed by atoms with E-state index in [9.17, 15) is 22.8 Å². The van der Waals surface area contributed by atoms with Crippen molar-refractivity contribution < 1.29 is 27.5 Å². The largest absolute Gasteiger partial charge is 0.457 e. The zero-order chi connectivity index (χ0) is 30.8. The third-order valence-corrected chi connectivity index (χ3v) is 6.53. The number of aromatic nitrogens is 5. The summed E-state index contributed by atoms with van der Waals surface area (Å²) in [5.74, 6) is 0.190. The number of benzene rings is 3. The van der Waals surface area contributed by atoms with Gasteiger partial charge >= 0.3 is 6.18 Å². The fourth-order valence-corrected chi connectivity index (χ4v) is 4.52. The van der Waals surface area contributed by atoms with Crippen molar-refractivity contribution in [2.75, 3.05) is 10.6 Å². The number of hydrogen-bond donors (Lipinski definition) is 3. The molecule has 0 unspecified atom stereocenters. The lowest BCUT2D eigenvalue weighted by atomic mass is 10.0. The van der Waals surface area contributed by atoms with Gasteiger partial charge in [0.05, 0.1) is 17.6 Å². The molecule has 220 valence electrons. The normalized spacial score (nSPS) is 11.4. The van der Waals surface area contributed by atoms with Crippen LogP contribution >= 0.6 is 0 Å². The van der Waals surface area contributed by atoms with E-state index in [2.05, 4.69) is 30.6 Å². The van der Waals surface area contributed by atoms with E-state index in [1.54, 1.807) is 61.7 Å². The van der Waals surface area contributed by atoms with Gasteiger partial charge in [0.2, 0.25) is 0 Å². The number of anilines is 2. The molecule has 0 saturated heterocycles. The summed E-state index contributed by atoms with van der Waals surface area (Å²) in [6, 6.07) is 16.6. The maximum absolute atomic E-state index is 13.7. The molecule has 44 heavy (non-hydrogen) atoms. The Morgan fingerprint density at radius 2 is 1.73 bits per heavy atom. The van der Waals surface area contributed by atoms with E-state index < -0.39 is 23.6 Å². The van der Waals surface area contributed by atoms with Crippen LogP contribution in [0.1, 0.15) is 32.2 Å². The zero-order valence-electron chi connectivity index (χ0n) is 22.9. The van der Waals surface area contributed by atoms with Gasteiger partial charge in [0.1, 0.15) is 17.3 Å². The molecule has 0 saturated carbocycles. The number of alkyl halides is 3. The molecule has 6 rings (SSSR count). The van der Waals surface area contributed by atoms with Crippen LogP contribution in [0.15, 0.2) is 97.8 Å². The van der Waals surface area contributed by atoms with Crippen LogP contribution in [0, 0.1) is 6.92 Å². The molecular weight excluding hydrogens is 575 g/mol. The van der Waals surface area contributed by atoms with Crippen LogP contribution in [-0.4, -0.2) is 36.3 Å². The van der Waals surface area contributed by atoms with Crippen molar-refractivity contribution in [1.29, 1.82) is 0 Å². The van der Waals surface area contributed by atoms with Crippen molar-refractivity contribution in [3.8, 4) is 17.2 Å². The molecule has 13 heteroatoms. The number of amides is 2. The molecule has 0 fully saturated rings. The molecule has 0 aliphatic heterocycles. The lowest BCUT2D eigenvalue weighted by Crippen LogP contribution is -2.14. The van der Waals surface area contributed by atoms with E-state index in [-0.39, 0.29) is 28.6 Å². The van der Waals surface area contributed by atoms with Gasteiger partial charge in [0.25, 0.3) is 11.8 Å². The molecule has 0 aliphatic carbocycles. The van der Waals surface area contributed by atoms with Gasteiger partial charge in [-0.2, -0.15) is 13.2 Å². The second-order valence-corrected chi connectivity index (χ2v) is 9.70. The van der Waals surface area contributed by atoms with Crippen LogP contribution < -0.4 is 15.4 Å². The third kappa shape index (κ3) is 6.11. The lowest BCUT2D eigenvalue weighted by Gasteiger charge is -2.14. The third-order valence-electron chi connectivity index (χ3n) is 6.53. The van der Waals surface area contributed by atoms with Crippen molar-refractivity contribution in [3.05, 3.63) is 120 Å². The number of fused-ring (bicyclic) bond motifs is 1. The van der Waals surface area contributed by atoms with Gasteiger partial charge in [-0.1, -0.05) is 12.1 Å². The van der Waals surface area contributed by atoms with Crippen LogP contribution in [-0.2, 0) is 6.18 Å². The second-order valence-electron chi connectivity index (χ2n) is 9.70. The molecular formula is C31H22F3N7O3. The minimum Gasteiger partial charge on any atom is -0.457 e. The molecule has 2 amide bonds. The summed E-state index contributed by atoms with van der Waals surface area (Å²) < 4.78 is 48.5. The molecule has 3 heterocycles. The molecule has 3 aromatic carbocycles. The first-order valence-electron chi connectivity index (χ1n) is 13.1. The van der Waals surface area contributed by atoms with Crippen molar-refractivity contribution in [1.82, 2.24) is 24.5 Å². The number of carbonyl (C=O) groups excluding carboxylic acids is 2. The highest BCUT2D eigenvalue weighted by atomic mass is 19.4. The van der Waals surface area contributed by atoms with Crippen molar-refractivity contribution in [3.63, 3.8) is 0 Å². The van der Waals surface area contributed by atoms with E-state index in [1.165, 1.54) is 35.6 Å². The Morgan fingerprint density at radius 3 is 2.48 bits per heavy atom. The summed E-state index contributed by atoms with van der Waals surface area (Å²) in [5, 5.41) is 6.47. The molecule has 6 aromatic rings. The standard InChI is InChI=1S/C31H22F3N7O3/c1-18-16-41(17-38-18)22-13-20(31(32,33)34)12-21(14-22)39-29(42)26-4-2-3-19-11-23(5-6-25(19)26)44-24-7-8-35-27(15-24)40-30(43)28-36-9-10-37-28/h2-17H,1H3,(H,36,37)(H,39,42)(H,35,40,43). The van der Waals surface area contributed by atoms with Crippen molar-refractivity contribution in [2.45, 2.75) is 13.1 Å². The number of aryl methyl sites for hydroxylation is 1. The predicted octanol–water partition coefficient (Wildman–Crippen LogP) is 6.77. The molecule has 10 nitrogen and oxygen atoms in total. The highest BCUT2D eigenvalue weighted by Gasteiger charge is 2.31. The van der Waals surface area contributed by atoms with E-state index >= 15 is 0 Å². The van der Waals surface area contributed by atoms with Crippen LogP contribution in [0.3, 0.4) is 0 Å². The van der Waals surface area contributed by atoms with Gasteiger partial charge in [-0.3, -0.25) is 9.59 Å². The number of halogens is 3. The quantitative estimate of drug-likeness (QED) is 0.187. The number of ether oxygens (including phenoxy) is 1. The number of hydrogen-bond acceptors (Lipinski definition) is 6. The van der Waals surface area contributed by atoms with E-state index in [0.29, 0.717) is 28.0 Å². The van der Waals surface area contributed by atoms with Crippen LogP contribution in [0.4, 0.5) is 24.7 Å². The summed E-state index contributed by atoms with van der Waals surface area (Å²) in [5.41, 5.74) is 0.175. The van der Waals surface area contributed by atoms with Gasteiger partial charge in [-0.15, -0.1) is 0 Å². The molecule has 3 aromatic heterocycles. The molecule has 0 bridgehead atoms. The Labute approximate surface area is 247 Å². The Bertz CT molecular complexity index is 2000. The first kappa shape index (κ1) is 28.2. The number of pyridine rings is 1. The first-order chi connectivity index (χ1) is 21.1. The summed E-state index contributed by atoms with van der Waals surface area (Å²) in [7, 11) is 0. The average Bonchev–Trinajstić information content (AvgIpc) is 3.69. The van der Waals surface area contributed by atoms with Crippen molar-refractivity contribution >= 4 is 34.1 Å². The van der Waals surface area contributed by atoms with Crippen LogP contribution in [0.25, 0.3) is 16.5 Å². The summed E-state index contributed by atoms with van der Waals surface area (Å²) in [6.07, 6.45) is 2.84. The SMILES string of the molecule is Cc1cn(-c2cc(NC(=O)c3cccc4cc(Oc5ccnc(NC(=O)c6ncc[nH]6)c5)ccc34)cc(C(F)(F)F)c2)cn1. The first-order valence-corrected chi connectivity index (χ1v) is 13.1. The Morgan fingerprint density at radius 1 is 0.886 bits per heavy atom. The predicted molar refractivity (Wildman–Crippen MR) is 156 cm³/mol. The number of rotatable bonds is 7. The van der Waals surface area contributed by atoms with E-state index in [1.807, 2.05) is 0 Å². The fourth-order valence-electron chi connectivity index (χ4n) is 4.52. The van der Waals surface area contributed by atoms with Crippen LogP contribution in [0.5, 0.6) is 11.5 Å². The zero-order valence-corrected chi connectivity index (χ0v) is 22.9. The van der Waals surface area contributed by atoms with E-state index in [0.717, 1.165) is 12.1 Å². The van der Waals surface area contributed by atoms with Crippen molar-refractivity contribution in [2.24, 2.45) is 0 Å². The summed E-state index contributed by atoms with van der Waals surface area (Å²) in [4.78, 5) is 40.4. The number of aromatic amines is 1. The molecule has 0 aliphatic rings. The number of nitrogens with one attached hydrogen (secondary N) is 3. The molecule has 0 atom stereocenters. The maximum Gasteiger partial charge on any atom is 0.416 e. The Balaban J connectivity index is 1.23. The number of nitrogens with zero attached hydrogens (tertiary/aromatic N) is 4. The highest BCUT2D eigenvalue weighted by molar-refractivity contribution is 6.13. The van der Waals surface area contributed by atoms with Gasteiger partial charge in [-0.05, 0) is 66.2 Å². The molecule has 0 radical (unpaired) electrons. The van der Waals surface area contributed by atoms with Gasteiger partial charge in [0.15, 0.2) is 5.82 Å². The molecule has 0 spiro atoms. The summed E-state index contributed by atoms with van der Waals surface area (Å²) in [6.45, 7) is 1.72. The van der Waals surface area contributed by atoms with Crippen LogP contribution in [0.2, 0.25) is 0 Å². The van der Waals surface area contributed by atoms with Gasteiger partial charge < -0.3 is 24.9 Å². The average molecular weight is 598 g/mol. The monoisotopic (exact) mass is 597 g/mol. The number of imidazole rings is 2. The minimum absolute atomic E-state index is 0.0178. The number of H-pyrrole nitrogens is 1. The fraction of sp³-hybridized carbons (Fsp3) is 0.0645. The number of carbonyl (C=O) groups is 2. The minimum atomic E-state index is -4.62. The summed E-state index contributed by atoms with van der Waals surface area (Å²) >= 11 is 0. The Hall–Kier alpha value is -5.98. The lowest BCUT2D eigenvalue weighted by molar-refractivity contribution is -0.137. The van der Waals surface area contributed by atoms with Gasteiger partial charge in [0, 0.05) is 47.8 Å². The Kier molecular flexibility index (Phi) is 7.27. The van der Waals surface area contributed by atoms with Gasteiger partial charge in [-0.25, -0.2) is 15.0 Å². The van der Waals surface area contributed by atoms with E-state index in [4.69, 9.17) is 4.74 Å².